The molecular formula is C14H23N3O2. The molecule has 0 spiro atoms. The number of hydrogen-bond donors (Lipinski definition) is 1. The van der Waals surface area contributed by atoms with Crippen LogP contribution in [-0.2, 0) is 0 Å². The van der Waals surface area contributed by atoms with Gasteiger partial charge in [-0.1, -0.05) is 39.0 Å². The minimum Gasteiger partial charge on any atom is -0.364 e. The summed E-state index contributed by atoms with van der Waals surface area (Å²) in [6.07, 6.45) is 8.88. The van der Waals surface area contributed by atoms with Gasteiger partial charge >= 0.3 is 5.69 Å². The van der Waals surface area contributed by atoms with Gasteiger partial charge in [-0.15, -0.1) is 0 Å². The van der Waals surface area contributed by atoms with Gasteiger partial charge in [0, 0.05) is 18.8 Å². The van der Waals surface area contributed by atoms with Crippen molar-refractivity contribution in [1.82, 2.24) is 4.98 Å². The Labute approximate surface area is 114 Å². The van der Waals surface area contributed by atoms with Gasteiger partial charge in [0.2, 0.25) is 5.82 Å². The Hall–Kier alpha value is -1.65. The highest BCUT2D eigenvalue weighted by atomic mass is 16.6. The van der Waals surface area contributed by atoms with Crippen LogP contribution in [0.25, 0.3) is 0 Å². The number of hydrogen-bond acceptors (Lipinski definition) is 4. The van der Waals surface area contributed by atoms with Crippen molar-refractivity contribution in [2.75, 3.05) is 11.9 Å². The minimum atomic E-state index is -0.385. The number of nitrogens with one attached hydrogen (secondary N) is 1. The molecule has 0 aliphatic rings. The van der Waals surface area contributed by atoms with Crippen LogP contribution in [0.1, 0.15) is 51.0 Å². The fraction of sp³-hybridized carbons (Fsp3) is 0.643. The summed E-state index contributed by atoms with van der Waals surface area (Å²) in [5.41, 5.74) is 0.864. The Balaban J connectivity index is 2.35. The molecule has 0 aromatic carbocycles. The first-order valence-corrected chi connectivity index (χ1v) is 7.00. The third kappa shape index (κ3) is 5.68. The summed E-state index contributed by atoms with van der Waals surface area (Å²) < 4.78 is 0. The molecule has 1 aromatic rings. The average Bonchev–Trinajstić information content (AvgIpc) is 2.39. The Morgan fingerprint density at radius 2 is 1.95 bits per heavy atom. The third-order valence-corrected chi connectivity index (χ3v) is 3.02. The molecule has 0 amide bonds. The predicted molar refractivity (Wildman–Crippen MR) is 77.5 cm³/mol. The van der Waals surface area contributed by atoms with Crippen molar-refractivity contribution in [3.05, 3.63) is 27.9 Å². The van der Waals surface area contributed by atoms with E-state index in [1.165, 1.54) is 25.7 Å². The summed E-state index contributed by atoms with van der Waals surface area (Å²) in [7, 11) is 0. The Morgan fingerprint density at radius 3 is 2.63 bits per heavy atom. The predicted octanol–water partition coefficient (Wildman–Crippen LogP) is 4.07. The molecule has 5 nitrogen and oxygen atoms in total. The average molecular weight is 265 g/mol. The first-order valence-electron chi connectivity index (χ1n) is 7.00. The number of aryl methyl sites for hydroxylation is 1. The third-order valence-electron chi connectivity index (χ3n) is 3.02. The molecule has 1 aromatic heterocycles. The molecule has 0 aliphatic carbocycles. The van der Waals surface area contributed by atoms with Crippen LogP contribution in [0.2, 0.25) is 0 Å². The minimum absolute atomic E-state index is 0.0611. The van der Waals surface area contributed by atoms with Crippen molar-refractivity contribution in [2.24, 2.45) is 0 Å². The molecule has 5 heteroatoms. The smallest absolute Gasteiger partial charge is 0.311 e. The lowest BCUT2D eigenvalue weighted by atomic mass is 10.1. The summed E-state index contributed by atoms with van der Waals surface area (Å²) in [4.78, 5) is 14.6. The van der Waals surface area contributed by atoms with E-state index in [2.05, 4.69) is 17.2 Å². The summed E-state index contributed by atoms with van der Waals surface area (Å²) in [6.45, 7) is 4.74. The van der Waals surface area contributed by atoms with Crippen LogP contribution in [0.4, 0.5) is 11.5 Å². The largest absolute Gasteiger partial charge is 0.364 e. The maximum Gasteiger partial charge on any atom is 0.311 e. The van der Waals surface area contributed by atoms with Crippen molar-refractivity contribution < 1.29 is 4.92 Å². The summed E-state index contributed by atoms with van der Waals surface area (Å²) >= 11 is 0. The van der Waals surface area contributed by atoms with Gasteiger partial charge < -0.3 is 5.32 Å². The van der Waals surface area contributed by atoms with Crippen molar-refractivity contribution in [1.29, 1.82) is 0 Å². The van der Waals surface area contributed by atoms with Gasteiger partial charge in [0.25, 0.3) is 0 Å². The van der Waals surface area contributed by atoms with Gasteiger partial charge in [0.1, 0.15) is 0 Å². The highest BCUT2D eigenvalue weighted by molar-refractivity contribution is 5.56. The standard InChI is InChI=1S/C14H23N3O2/c1-3-4-5-6-7-8-9-15-14-13(17(18)19)10-12(2)11-16-14/h10-11H,3-9H2,1-2H3,(H,15,16). The number of anilines is 1. The molecule has 0 saturated carbocycles. The molecule has 1 rings (SSSR count). The number of aromatic nitrogens is 1. The molecule has 0 radical (unpaired) electrons. The molecule has 0 aliphatic heterocycles. The van der Waals surface area contributed by atoms with Crippen LogP contribution in [-0.4, -0.2) is 16.5 Å². The van der Waals surface area contributed by atoms with E-state index in [1.807, 2.05) is 0 Å². The van der Waals surface area contributed by atoms with Crippen LogP contribution in [0.5, 0.6) is 0 Å². The van der Waals surface area contributed by atoms with Crippen molar-refractivity contribution in [2.45, 2.75) is 52.4 Å². The SMILES string of the molecule is CCCCCCCCNc1ncc(C)cc1[N+](=O)[O-]. The Kier molecular flexibility index (Phi) is 6.85. The molecule has 0 saturated heterocycles. The van der Waals surface area contributed by atoms with E-state index in [9.17, 15) is 10.1 Å². The molecule has 106 valence electrons. The van der Waals surface area contributed by atoms with E-state index >= 15 is 0 Å². The Morgan fingerprint density at radius 1 is 1.26 bits per heavy atom. The van der Waals surface area contributed by atoms with E-state index in [0.29, 0.717) is 5.82 Å². The van der Waals surface area contributed by atoms with Crippen LogP contribution >= 0.6 is 0 Å². The van der Waals surface area contributed by atoms with Crippen LogP contribution in [0.15, 0.2) is 12.3 Å². The number of rotatable bonds is 9. The second-order valence-corrected chi connectivity index (χ2v) is 4.83. The fourth-order valence-corrected chi connectivity index (χ4v) is 1.94. The first-order chi connectivity index (χ1) is 9.15. The summed E-state index contributed by atoms with van der Waals surface area (Å²) in [6, 6.07) is 1.55. The molecule has 0 atom stereocenters. The van der Waals surface area contributed by atoms with E-state index in [4.69, 9.17) is 0 Å². The molecule has 1 N–H and O–H groups in total. The van der Waals surface area contributed by atoms with Crippen LogP contribution < -0.4 is 5.32 Å². The van der Waals surface area contributed by atoms with Gasteiger partial charge in [-0.05, 0) is 18.9 Å². The van der Waals surface area contributed by atoms with E-state index in [-0.39, 0.29) is 10.6 Å². The van der Waals surface area contributed by atoms with E-state index in [1.54, 1.807) is 19.2 Å². The van der Waals surface area contributed by atoms with Gasteiger partial charge in [0.15, 0.2) is 0 Å². The zero-order valence-corrected chi connectivity index (χ0v) is 11.8. The lowest BCUT2D eigenvalue weighted by Gasteiger charge is -2.06. The van der Waals surface area contributed by atoms with E-state index < -0.39 is 0 Å². The van der Waals surface area contributed by atoms with Crippen molar-refractivity contribution in [3.63, 3.8) is 0 Å². The maximum atomic E-state index is 10.9. The molecule has 0 fully saturated rings. The summed E-state index contributed by atoms with van der Waals surface area (Å²) in [5.74, 6) is 0.379. The molecule has 0 bridgehead atoms. The molecule has 19 heavy (non-hydrogen) atoms. The first kappa shape index (κ1) is 15.4. The number of nitrogens with zero attached hydrogens (tertiary/aromatic N) is 2. The fourth-order valence-electron chi connectivity index (χ4n) is 1.94. The second-order valence-electron chi connectivity index (χ2n) is 4.83. The number of unbranched alkanes of at least 4 members (excludes halogenated alkanes) is 5. The van der Waals surface area contributed by atoms with Gasteiger partial charge in [-0.3, -0.25) is 10.1 Å². The summed E-state index contributed by atoms with van der Waals surface area (Å²) in [5, 5.41) is 14.0. The highest BCUT2D eigenvalue weighted by Crippen LogP contribution is 2.22. The highest BCUT2D eigenvalue weighted by Gasteiger charge is 2.14. The van der Waals surface area contributed by atoms with Crippen LogP contribution in [0.3, 0.4) is 0 Å². The normalized spacial score (nSPS) is 10.4. The maximum absolute atomic E-state index is 10.9. The van der Waals surface area contributed by atoms with Crippen LogP contribution in [0, 0.1) is 17.0 Å². The van der Waals surface area contributed by atoms with Gasteiger partial charge in [0.05, 0.1) is 4.92 Å². The lowest BCUT2D eigenvalue weighted by Crippen LogP contribution is -2.06. The lowest BCUT2D eigenvalue weighted by molar-refractivity contribution is -0.384. The molecular weight excluding hydrogens is 242 g/mol. The van der Waals surface area contributed by atoms with Crippen molar-refractivity contribution >= 4 is 11.5 Å². The molecule has 0 unspecified atom stereocenters. The van der Waals surface area contributed by atoms with E-state index in [0.717, 1.165) is 24.9 Å². The number of nitro groups is 1. The van der Waals surface area contributed by atoms with Gasteiger partial charge in [-0.25, -0.2) is 4.98 Å². The monoisotopic (exact) mass is 265 g/mol. The zero-order chi connectivity index (χ0) is 14.1. The topological polar surface area (TPSA) is 68.1 Å². The quantitative estimate of drug-likeness (QED) is 0.415. The molecule has 1 heterocycles. The van der Waals surface area contributed by atoms with Crippen molar-refractivity contribution in [3.8, 4) is 0 Å². The second kappa shape index (κ2) is 8.45. The zero-order valence-electron chi connectivity index (χ0n) is 11.8. The van der Waals surface area contributed by atoms with Gasteiger partial charge in [-0.2, -0.15) is 0 Å². The Bertz CT molecular complexity index is 408. The number of pyridine rings is 1.